The van der Waals surface area contributed by atoms with Gasteiger partial charge in [0, 0.05) is 17.8 Å². The molecule has 1 aromatic heterocycles. The molecule has 0 unspecified atom stereocenters. The maximum atomic E-state index is 11.7. The summed E-state index contributed by atoms with van der Waals surface area (Å²) in [6.45, 7) is 2.06. The van der Waals surface area contributed by atoms with Gasteiger partial charge >= 0.3 is 6.03 Å². The first-order valence-corrected chi connectivity index (χ1v) is 8.36. The zero-order chi connectivity index (χ0) is 20.1. The number of hydrogen-bond donors (Lipinski definition) is 3. The van der Waals surface area contributed by atoms with Crippen LogP contribution in [-0.4, -0.2) is 15.8 Å². The molecule has 2 aromatic carbocycles. The van der Waals surface area contributed by atoms with Crippen LogP contribution < -0.4 is 26.9 Å². The lowest BCUT2D eigenvalue weighted by Crippen LogP contribution is -2.48. The number of carbonyl (C=O) groups is 1. The third-order valence-corrected chi connectivity index (χ3v) is 4.18. The van der Waals surface area contributed by atoms with Crippen LogP contribution in [0.2, 0.25) is 0 Å². The highest BCUT2D eigenvalue weighted by atomic mass is 16.5. The second kappa shape index (κ2) is 8.22. The van der Waals surface area contributed by atoms with Crippen LogP contribution in [0.4, 0.5) is 10.5 Å². The summed E-state index contributed by atoms with van der Waals surface area (Å²) in [6.07, 6.45) is 1.76. The Hall–Kier alpha value is -3.87. The summed E-state index contributed by atoms with van der Waals surface area (Å²) in [5.41, 5.74) is 5.50. The first-order valence-electron chi connectivity index (χ1n) is 8.36. The SMILES string of the molecule is Cc1cccc(N(N)C(=O)NN)c1COc1ccn(-c2ccc(C#N)cc2)n1. The molecular formula is C19H19N7O2. The summed E-state index contributed by atoms with van der Waals surface area (Å²) < 4.78 is 7.44. The molecule has 0 saturated carbocycles. The molecule has 9 heteroatoms. The summed E-state index contributed by atoms with van der Waals surface area (Å²) in [4.78, 5) is 11.7. The second-order valence-electron chi connectivity index (χ2n) is 5.94. The van der Waals surface area contributed by atoms with Crippen molar-refractivity contribution < 1.29 is 9.53 Å². The van der Waals surface area contributed by atoms with Gasteiger partial charge in [-0.05, 0) is 42.8 Å². The van der Waals surface area contributed by atoms with Gasteiger partial charge in [-0.15, -0.1) is 5.10 Å². The highest BCUT2D eigenvalue weighted by molar-refractivity contribution is 5.91. The van der Waals surface area contributed by atoms with Gasteiger partial charge < -0.3 is 4.74 Å². The summed E-state index contributed by atoms with van der Waals surface area (Å²) in [7, 11) is 0. The molecule has 28 heavy (non-hydrogen) atoms. The van der Waals surface area contributed by atoms with E-state index in [9.17, 15) is 4.79 Å². The Morgan fingerprint density at radius 2 is 2.04 bits per heavy atom. The number of nitrogens with zero attached hydrogens (tertiary/aromatic N) is 4. The quantitative estimate of drug-likeness (QED) is 0.353. The fraction of sp³-hybridized carbons (Fsp3) is 0.105. The van der Waals surface area contributed by atoms with Crippen LogP contribution in [0, 0.1) is 18.3 Å². The first kappa shape index (κ1) is 18.9. The van der Waals surface area contributed by atoms with Gasteiger partial charge in [0.15, 0.2) is 0 Å². The van der Waals surface area contributed by atoms with Gasteiger partial charge in [0.25, 0.3) is 0 Å². The van der Waals surface area contributed by atoms with E-state index in [4.69, 9.17) is 21.7 Å². The van der Waals surface area contributed by atoms with Gasteiger partial charge in [0.1, 0.15) is 6.61 Å². The largest absolute Gasteiger partial charge is 0.472 e. The normalized spacial score (nSPS) is 10.2. The summed E-state index contributed by atoms with van der Waals surface area (Å²) in [5, 5.41) is 14.2. The lowest BCUT2D eigenvalue weighted by atomic mass is 10.1. The Labute approximate surface area is 161 Å². The number of aromatic nitrogens is 2. The number of amides is 2. The molecule has 5 N–H and O–H groups in total. The van der Waals surface area contributed by atoms with Crippen LogP contribution in [0.3, 0.4) is 0 Å². The minimum atomic E-state index is -0.642. The number of nitrogens with one attached hydrogen (secondary N) is 1. The van der Waals surface area contributed by atoms with Crippen LogP contribution >= 0.6 is 0 Å². The number of anilines is 1. The molecule has 9 nitrogen and oxygen atoms in total. The van der Waals surface area contributed by atoms with Crippen LogP contribution in [0.15, 0.2) is 54.7 Å². The zero-order valence-electron chi connectivity index (χ0n) is 15.2. The first-order chi connectivity index (χ1) is 13.5. The van der Waals surface area contributed by atoms with Gasteiger partial charge in [0.2, 0.25) is 5.88 Å². The zero-order valence-corrected chi connectivity index (χ0v) is 15.2. The van der Waals surface area contributed by atoms with E-state index in [1.165, 1.54) is 0 Å². The third-order valence-electron chi connectivity index (χ3n) is 4.18. The minimum absolute atomic E-state index is 0.165. The van der Waals surface area contributed by atoms with E-state index in [1.54, 1.807) is 53.3 Å². The van der Waals surface area contributed by atoms with Crippen LogP contribution in [0.25, 0.3) is 5.69 Å². The van der Waals surface area contributed by atoms with Crippen molar-refractivity contribution >= 4 is 11.7 Å². The lowest BCUT2D eigenvalue weighted by Gasteiger charge is -2.20. The number of ether oxygens (including phenoxy) is 1. The molecule has 3 aromatic rings. The molecule has 0 fully saturated rings. The van der Waals surface area contributed by atoms with Gasteiger partial charge in [-0.2, -0.15) is 5.26 Å². The highest BCUT2D eigenvalue weighted by Crippen LogP contribution is 2.24. The molecule has 2 amide bonds. The van der Waals surface area contributed by atoms with E-state index in [0.717, 1.165) is 21.8 Å². The van der Waals surface area contributed by atoms with Crippen molar-refractivity contribution in [3.63, 3.8) is 0 Å². The van der Waals surface area contributed by atoms with Crippen molar-refractivity contribution in [1.82, 2.24) is 15.2 Å². The fourth-order valence-corrected chi connectivity index (χ4v) is 2.64. The summed E-state index contributed by atoms with van der Waals surface area (Å²) >= 11 is 0. The number of nitrogens with two attached hydrogens (primary N) is 2. The highest BCUT2D eigenvalue weighted by Gasteiger charge is 2.16. The van der Waals surface area contributed by atoms with Crippen molar-refractivity contribution in [2.24, 2.45) is 11.7 Å². The molecule has 0 radical (unpaired) electrons. The number of aryl methyl sites for hydroxylation is 1. The number of hydrogen-bond acceptors (Lipinski definition) is 6. The molecule has 0 saturated heterocycles. The molecule has 0 aliphatic heterocycles. The Bertz CT molecular complexity index is 1020. The second-order valence-corrected chi connectivity index (χ2v) is 5.94. The molecule has 0 bridgehead atoms. The van der Waals surface area contributed by atoms with Gasteiger partial charge in [-0.1, -0.05) is 12.1 Å². The Morgan fingerprint density at radius 3 is 2.71 bits per heavy atom. The fourth-order valence-electron chi connectivity index (χ4n) is 2.64. The van der Waals surface area contributed by atoms with Crippen molar-refractivity contribution in [3.8, 4) is 17.6 Å². The molecule has 0 spiro atoms. The number of carbonyl (C=O) groups excluding carboxylic acids is 1. The van der Waals surface area contributed by atoms with E-state index in [2.05, 4.69) is 11.2 Å². The predicted molar refractivity (Wildman–Crippen MR) is 103 cm³/mol. The number of rotatable bonds is 5. The van der Waals surface area contributed by atoms with Crippen LogP contribution in [0.1, 0.15) is 16.7 Å². The van der Waals surface area contributed by atoms with Crippen molar-refractivity contribution in [3.05, 3.63) is 71.4 Å². The van der Waals surface area contributed by atoms with Crippen molar-refractivity contribution in [1.29, 1.82) is 5.26 Å². The minimum Gasteiger partial charge on any atom is -0.472 e. The number of benzene rings is 2. The number of urea groups is 1. The van der Waals surface area contributed by atoms with E-state index in [0.29, 0.717) is 17.1 Å². The standard InChI is InChI=1S/C19H19N7O2/c1-13-3-2-4-17(26(22)19(27)23-21)16(13)12-28-18-9-10-25(24-18)15-7-5-14(11-20)6-8-15/h2-10H,12,21-22H2,1H3,(H,23,27). The van der Waals surface area contributed by atoms with Crippen molar-refractivity contribution in [2.45, 2.75) is 13.5 Å². The van der Waals surface area contributed by atoms with Gasteiger partial charge in [-0.25, -0.2) is 26.2 Å². The Morgan fingerprint density at radius 1 is 1.29 bits per heavy atom. The molecule has 142 valence electrons. The van der Waals surface area contributed by atoms with E-state index >= 15 is 0 Å². The molecule has 0 aliphatic rings. The Balaban J connectivity index is 1.77. The topological polar surface area (TPSA) is 135 Å². The van der Waals surface area contributed by atoms with Crippen molar-refractivity contribution in [2.75, 3.05) is 5.01 Å². The molecule has 0 aliphatic carbocycles. The molecular weight excluding hydrogens is 358 g/mol. The van der Waals surface area contributed by atoms with Gasteiger partial charge in [0.05, 0.1) is 23.0 Å². The smallest absolute Gasteiger partial charge is 0.350 e. The average molecular weight is 377 g/mol. The third kappa shape index (κ3) is 3.93. The lowest BCUT2D eigenvalue weighted by molar-refractivity contribution is 0.246. The van der Waals surface area contributed by atoms with Gasteiger partial charge in [-0.3, -0.25) is 5.43 Å². The van der Waals surface area contributed by atoms with Crippen LogP contribution in [-0.2, 0) is 6.61 Å². The van der Waals surface area contributed by atoms with Crippen LogP contribution in [0.5, 0.6) is 5.88 Å². The predicted octanol–water partition coefficient (Wildman–Crippen LogP) is 1.89. The summed E-state index contributed by atoms with van der Waals surface area (Å²) in [5.74, 6) is 11.4. The maximum absolute atomic E-state index is 11.7. The molecule has 1 heterocycles. The maximum Gasteiger partial charge on any atom is 0.350 e. The van der Waals surface area contributed by atoms with E-state index in [1.807, 2.05) is 18.4 Å². The monoisotopic (exact) mass is 377 g/mol. The molecule has 0 atom stereocenters. The Kier molecular flexibility index (Phi) is 5.55. The van der Waals surface area contributed by atoms with E-state index < -0.39 is 6.03 Å². The summed E-state index contributed by atoms with van der Waals surface area (Å²) in [6, 6.07) is 15.6. The number of hydrazine groups is 2. The van der Waals surface area contributed by atoms with E-state index in [-0.39, 0.29) is 6.61 Å². The average Bonchev–Trinajstić information content (AvgIpc) is 3.20. The molecule has 3 rings (SSSR count). The number of nitriles is 1.